The van der Waals surface area contributed by atoms with E-state index in [1.807, 2.05) is 0 Å². The Kier molecular flexibility index (Phi) is 4.83. The molecule has 0 aromatic rings. The van der Waals surface area contributed by atoms with Crippen molar-refractivity contribution in [2.24, 2.45) is 0 Å². The summed E-state index contributed by atoms with van der Waals surface area (Å²) in [6, 6.07) is 2.35. The minimum absolute atomic E-state index is 0.736. The topological polar surface area (TPSA) is 18.5 Å². The van der Waals surface area contributed by atoms with E-state index in [1.54, 1.807) is 0 Å². The number of hydrogen-bond donors (Lipinski definition) is 1. The van der Waals surface area contributed by atoms with Crippen LogP contribution in [-0.4, -0.2) is 62.2 Å². The van der Waals surface area contributed by atoms with Crippen LogP contribution in [0.2, 0.25) is 0 Å². The fourth-order valence-electron chi connectivity index (χ4n) is 3.62. The van der Waals surface area contributed by atoms with Crippen LogP contribution in [0.15, 0.2) is 0 Å². The lowest BCUT2D eigenvalue weighted by molar-refractivity contribution is 0.0725. The van der Waals surface area contributed by atoms with Gasteiger partial charge in [-0.15, -0.1) is 0 Å². The molecule has 1 aliphatic heterocycles. The van der Waals surface area contributed by atoms with E-state index in [0.717, 1.165) is 18.1 Å². The average molecular weight is 239 g/mol. The van der Waals surface area contributed by atoms with Gasteiger partial charge in [0.2, 0.25) is 0 Å². The molecule has 1 saturated heterocycles. The lowest BCUT2D eigenvalue weighted by Crippen LogP contribution is -2.54. The molecule has 0 bridgehead atoms. The van der Waals surface area contributed by atoms with Gasteiger partial charge in [0.1, 0.15) is 0 Å². The fourth-order valence-corrected chi connectivity index (χ4v) is 3.62. The minimum atomic E-state index is 0.736. The van der Waals surface area contributed by atoms with Crippen LogP contribution >= 0.6 is 0 Å². The number of hydrogen-bond acceptors (Lipinski definition) is 3. The summed E-state index contributed by atoms with van der Waals surface area (Å²) in [6.45, 7) is 2.59. The predicted molar refractivity (Wildman–Crippen MR) is 73.4 cm³/mol. The molecule has 1 heterocycles. The van der Waals surface area contributed by atoms with Gasteiger partial charge >= 0.3 is 0 Å². The summed E-state index contributed by atoms with van der Waals surface area (Å²) < 4.78 is 0. The van der Waals surface area contributed by atoms with Gasteiger partial charge < -0.3 is 10.2 Å². The third-order valence-corrected chi connectivity index (χ3v) is 4.80. The SMILES string of the molecule is CNC1CCCCC1N1CCC(N(C)C)CC1. The molecule has 1 aliphatic carbocycles. The summed E-state index contributed by atoms with van der Waals surface area (Å²) in [7, 11) is 6.57. The quantitative estimate of drug-likeness (QED) is 0.806. The van der Waals surface area contributed by atoms with Crippen LogP contribution in [0.1, 0.15) is 38.5 Å². The minimum Gasteiger partial charge on any atom is -0.315 e. The highest BCUT2D eigenvalue weighted by atomic mass is 15.2. The van der Waals surface area contributed by atoms with Gasteiger partial charge in [-0.1, -0.05) is 12.8 Å². The smallest absolute Gasteiger partial charge is 0.0249 e. The number of likely N-dealkylation sites (N-methyl/N-ethyl adjacent to an activating group) is 1. The highest BCUT2D eigenvalue weighted by Crippen LogP contribution is 2.26. The molecule has 17 heavy (non-hydrogen) atoms. The zero-order valence-corrected chi connectivity index (χ0v) is 11.8. The Morgan fingerprint density at radius 2 is 1.65 bits per heavy atom. The zero-order valence-electron chi connectivity index (χ0n) is 11.8. The Labute approximate surface area is 107 Å². The predicted octanol–water partition coefficient (Wildman–Crippen LogP) is 1.54. The average Bonchev–Trinajstić information content (AvgIpc) is 2.39. The van der Waals surface area contributed by atoms with E-state index in [4.69, 9.17) is 0 Å². The summed E-state index contributed by atoms with van der Waals surface area (Å²) in [6.07, 6.45) is 8.30. The van der Waals surface area contributed by atoms with Crippen LogP contribution in [0.5, 0.6) is 0 Å². The van der Waals surface area contributed by atoms with Gasteiger partial charge in [0.25, 0.3) is 0 Å². The van der Waals surface area contributed by atoms with Gasteiger partial charge in [0, 0.05) is 18.1 Å². The van der Waals surface area contributed by atoms with E-state index in [2.05, 4.69) is 36.3 Å². The molecule has 3 heteroatoms. The molecule has 2 unspecified atom stereocenters. The largest absolute Gasteiger partial charge is 0.315 e. The molecule has 0 spiro atoms. The normalized spacial score (nSPS) is 33.2. The van der Waals surface area contributed by atoms with Gasteiger partial charge in [0.15, 0.2) is 0 Å². The molecular formula is C14H29N3. The first kappa shape index (κ1) is 13.3. The molecule has 1 N–H and O–H groups in total. The highest BCUT2D eigenvalue weighted by molar-refractivity contribution is 4.90. The van der Waals surface area contributed by atoms with Crippen LogP contribution in [-0.2, 0) is 0 Å². The maximum Gasteiger partial charge on any atom is 0.0249 e. The Morgan fingerprint density at radius 1 is 1.00 bits per heavy atom. The second-order valence-electron chi connectivity index (χ2n) is 5.98. The first-order chi connectivity index (χ1) is 8.22. The standard InChI is InChI=1S/C14H29N3/c1-15-13-6-4-5-7-14(13)17-10-8-12(9-11-17)16(2)3/h12-15H,4-11H2,1-3H3. The fraction of sp³-hybridized carbons (Fsp3) is 1.00. The second-order valence-corrected chi connectivity index (χ2v) is 5.98. The zero-order chi connectivity index (χ0) is 12.3. The summed E-state index contributed by atoms with van der Waals surface area (Å²) >= 11 is 0. The summed E-state index contributed by atoms with van der Waals surface area (Å²) in [5.74, 6) is 0. The number of piperidine rings is 1. The van der Waals surface area contributed by atoms with Gasteiger partial charge in [-0.05, 0) is 59.9 Å². The molecule has 1 saturated carbocycles. The van der Waals surface area contributed by atoms with E-state index in [0.29, 0.717) is 0 Å². The molecular weight excluding hydrogens is 210 g/mol. The van der Waals surface area contributed by atoms with Crippen molar-refractivity contribution in [2.75, 3.05) is 34.2 Å². The van der Waals surface area contributed by atoms with Gasteiger partial charge in [-0.3, -0.25) is 4.90 Å². The third-order valence-electron chi connectivity index (χ3n) is 4.80. The maximum atomic E-state index is 3.53. The molecule has 2 fully saturated rings. The summed E-state index contributed by atoms with van der Waals surface area (Å²) in [4.78, 5) is 5.15. The van der Waals surface area contributed by atoms with E-state index >= 15 is 0 Å². The van der Waals surface area contributed by atoms with Crippen molar-refractivity contribution >= 4 is 0 Å². The van der Waals surface area contributed by atoms with Crippen molar-refractivity contribution < 1.29 is 0 Å². The molecule has 2 atom stereocenters. The molecule has 3 nitrogen and oxygen atoms in total. The van der Waals surface area contributed by atoms with Crippen LogP contribution in [0.4, 0.5) is 0 Å². The van der Waals surface area contributed by atoms with Crippen LogP contribution in [0.3, 0.4) is 0 Å². The van der Waals surface area contributed by atoms with Crippen LogP contribution < -0.4 is 5.32 Å². The van der Waals surface area contributed by atoms with Crippen molar-refractivity contribution in [2.45, 2.75) is 56.7 Å². The van der Waals surface area contributed by atoms with Crippen molar-refractivity contribution in [1.82, 2.24) is 15.1 Å². The van der Waals surface area contributed by atoms with Crippen molar-refractivity contribution in [3.63, 3.8) is 0 Å². The summed E-state index contributed by atoms with van der Waals surface area (Å²) in [5.41, 5.74) is 0. The van der Waals surface area contributed by atoms with Crippen LogP contribution in [0.25, 0.3) is 0 Å². The molecule has 2 rings (SSSR count). The number of nitrogens with one attached hydrogen (secondary N) is 1. The highest BCUT2D eigenvalue weighted by Gasteiger charge is 2.31. The van der Waals surface area contributed by atoms with Crippen molar-refractivity contribution in [3.8, 4) is 0 Å². The van der Waals surface area contributed by atoms with Gasteiger partial charge in [0.05, 0.1) is 0 Å². The van der Waals surface area contributed by atoms with Gasteiger partial charge in [-0.2, -0.15) is 0 Å². The summed E-state index contributed by atoms with van der Waals surface area (Å²) in [5, 5.41) is 3.53. The van der Waals surface area contributed by atoms with Gasteiger partial charge in [-0.25, -0.2) is 0 Å². The number of rotatable bonds is 3. The molecule has 0 amide bonds. The molecule has 0 aromatic heterocycles. The maximum absolute atomic E-state index is 3.53. The Morgan fingerprint density at radius 3 is 2.24 bits per heavy atom. The van der Waals surface area contributed by atoms with E-state index < -0.39 is 0 Å². The van der Waals surface area contributed by atoms with E-state index in [9.17, 15) is 0 Å². The molecule has 2 aliphatic rings. The lowest BCUT2D eigenvalue weighted by Gasteiger charge is -2.44. The lowest BCUT2D eigenvalue weighted by atomic mass is 9.87. The Balaban J connectivity index is 1.86. The van der Waals surface area contributed by atoms with E-state index in [-0.39, 0.29) is 0 Å². The third kappa shape index (κ3) is 3.21. The number of nitrogens with zero attached hydrogens (tertiary/aromatic N) is 2. The Bertz CT molecular complexity index is 222. The molecule has 100 valence electrons. The second kappa shape index (κ2) is 6.17. The van der Waals surface area contributed by atoms with Crippen LogP contribution in [0, 0.1) is 0 Å². The Hall–Kier alpha value is -0.120. The molecule has 0 aromatic carbocycles. The van der Waals surface area contributed by atoms with Crippen molar-refractivity contribution in [1.29, 1.82) is 0 Å². The number of likely N-dealkylation sites (tertiary alicyclic amines) is 1. The van der Waals surface area contributed by atoms with Crippen molar-refractivity contribution in [3.05, 3.63) is 0 Å². The molecule has 0 radical (unpaired) electrons. The first-order valence-electron chi connectivity index (χ1n) is 7.30. The van der Waals surface area contributed by atoms with E-state index in [1.165, 1.54) is 51.6 Å². The first-order valence-corrected chi connectivity index (χ1v) is 7.30. The monoisotopic (exact) mass is 239 g/mol.